The first kappa shape index (κ1) is 36.5. The molecule has 3 N–H and O–H groups in total. The summed E-state index contributed by atoms with van der Waals surface area (Å²) in [6.07, 6.45) is 35.2. The van der Waals surface area contributed by atoms with Crippen molar-refractivity contribution in [3.8, 4) is 6.07 Å². The Morgan fingerprint density at radius 1 is 0.884 bits per heavy atom. The molecule has 230 valence electrons. The molecule has 0 fully saturated rings. The van der Waals surface area contributed by atoms with Gasteiger partial charge in [0.15, 0.2) is 5.69 Å². The number of carbonyl (C=O) groups is 3. The molecule has 1 aromatic rings. The van der Waals surface area contributed by atoms with E-state index in [-0.39, 0.29) is 23.6 Å². The van der Waals surface area contributed by atoms with Crippen LogP contribution in [0.2, 0.25) is 0 Å². The molecule has 1 aromatic heterocycles. The third-order valence-electron chi connectivity index (χ3n) is 6.14. The Labute approximate surface area is 256 Å². The van der Waals surface area contributed by atoms with E-state index in [9.17, 15) is 19.5 Å². The van der Waals surface area contributed by atoms with Crippen LogP contribution in [0.25, 0.3) is 0 Å². The number of allylic oxidation sites excluding steroid dienone is 12. The molecule has 1 rings (SSSR count). The van der Waals surface area contributed by atoms with Crippen LogP contribution in [-0.2, 0) is 9.59 Å². The summed E-state index contributed by atoms with van der Waals surface area (Å²) in [5.41, 5.74) is -0.0220. The van der Waals surface area contributed by atoms with Crippen LogP contribution < -0.4 is 10.6 Å². The maximum absolute atomic E-state index is 12.4. The van der Waals surface area contributed by atoms with Crippen molar-refractivity contribution < 1.29 is 19.5 Å². The number of amides is 2. The van der Waals surface area contributed by atoms with Crippen LogP contribution in [0.1, 0.15) is 93.6 Å². The van der Waals surface area contributed by atoms with Crippen molar-refractivity contribution >= 4 is 17.8 Å². The first-order chi connectivity index (χ1) is 21.0. The fraction of sp³-hybridized carbons (Fsp3) is 0.400. The number of nitrogens with one attached hydrogen (secondary N) is 2. The quantitative estimate of drug-likeness (QED) is 0.1000. The van der Waals surface area contributed by atoms with E-state index in [0.29, 0.717) is 32.2 Å². The van der Waals surface area contributed by atoms with Crippen molar-refractivity contribution in [1.82, 2.24) is 15.6 Å². The second-order valence-electron chi connectivity index (χ2n) is 9.68. The summed E-state index contributed by atoms with van der Waals surface area (Å²) in [5, 5.41) is 23.8. The molecule has 1 atom stereocenters. The minimum atomic E-state index is -1.16. The van der Waals surface area contributed by atoms with Crippen molar-refractivity contribution in [3.05, 3.63) is 102 Å². The van der Waals surface area contributed by atoms with E-state index in [2.05, 4.69) is 83.3 Å². The molecule has 1 heterocycles. The molecule has 43 heavy (non-hydrogen) atoms. The van der Waals surface area contributed by atoms with Crippen molar-refractivity contribution in [2.75, 3.05) is 6.54 Å². The predicted molar refractivity (Wildman–Crippen MR) is 172 cm³/mol. The Kier molecular flexibility index (Phi) is 21.4. The lowest BCUT2D eigenvalue weighted by Gasteiger charge is -2.15. The standard InChI is InChI=1S/C35H46N4O4/c1-2-3-4-5-6-7-8-9-10-11-12-13-14-15-16-17-18-19-20-26-33(40)38-27-22-21-25-31(35(42)43)39-34(41)30-24-23-28-37-32(30)29-36/h3-4,6-7,9-10,12-13,15-16,18-19,23-24,28,31H,2,5,8,11,14,17,20-22,25-27H2,1H3,(H,38,40)(H,39,41)(H,42,43). The first-order valence-corrected chi connectivity index (χ1v) is 15.0. The van der Waals surface area contributed by atoms with Crippen LogP contribution in [-0.4, -0.2) is 40.5 Å². The lowest BCUT2D eigenvalue weighted by Crippen LogP contribution is -2.41. The molecule has 0 aromatic carbocycles. The second-order valence-corrected chi connectivity index (χ2v) is 9.68. The van der Waals surface area contributed by atoms with Crippen LogP contribution in [0.3, 0.4) is 0 Å². The van der Waals surface area contributed by atoms with Gasteiger partial charge in [-0.05, 0) is 76.3 Å². The van der Waals surface area contributed by atoms with E-state index in [4.69, 9.17) is 5.26 Å². The van der Waals surface area contributed by atoms with Crippen molar-refractivity contribution in [1.29, 1.82) is 5.26 Å². The maximum Gasteiger partial charge on any atom is 0.326 e. The van der Waals surface area contributed by atoms with Gasteiger partial charge in [0, 0.05) is 19.2 Å². The van der Waals surface area contributed by atoms with Gasteiger partial charge in [-0.3, -0.25) is 9.59 Å². The van der Waals surface area contributed by atoms with Gasteiger partial charge >= 0.3 is 5.97 Å². The summed E-state index contributed by atoms with van der Waals surface area (Å²) in [5.74, 6) is -1.86. The largest absolute Gasteiger partial charge is 0.480 e. The zero-order valence-electron chi connectivity index (χ0n) is 25.3. The van der Waals surface area contributed by atoms with Gasteiger partial charge in [0.2, 0.25) is 5.91 Å². The number of rotatable bonds is 22. The van der Waals surface area contributed by atoms with E-state index in [1.165, 1.54) is 18.3 Å². The average molecular weight is 587 g/mol. The Morgan fingerprint density at radius 3 is 1.98 bits per heavy atom. The summed E-state index contributed by atoms with van der Waals surface area (Å²) in [6, 6.07) is 3.67. The van der Waals surface area contributed by atoms with Gasteiger partial charge in [-0.1, -0.05) is 79.8 Å². The number of hydrogen-bond donors (Lipinski definition) is 3. The molecule has 0 saturated heterocycles. The topological polar surface area (TPSA) is 132 Å². The summed E-state index contributed by atoms with van der Waals surface area (Å²) >= 11 is 0. The number of aliphatic carboxylic acids is 1. The van der Waals surface area contributed by atoms with Crippen molar-refractivity contribution in [3.63, 3.8) is 0 Å². The van der Waals surface area contributed by atoms with Gasteiger partial charge < -0.3 is 15.7 Å². The van der Waals surface area contributed by atoms with Crippen molar-refractivity contribution in [2.24, 2.45) is 0 Å². The number of pyridine rings is 1. The molecule has 1 unspecified atom stereocenters. The van der Waals surface area contributed by atoms with E-state index >= 15 is 0 Å². The summed E-state index contributed by atoms with van der Waals surface area (Å²) in [7, 11) is 0. The third-order valence-corrected chi connectivity index (χ3v) is 6.14. The van der Waals surface area contributed by atoms with Gasteiger partial charge in [0.1, 0.15) is 12.1 Å². The number of nitriles is 1. The summed E-state index contributed by atoms with van der Waals surface area (Å²) in [6.45, 7) is 2.57. The Hall–Kier alpha value is -4.51. The summed E-state index contributed by atoms with van der Waals surface area (Å²) < 4.78 is 0. The van der Waals surface area contributed by atoms with Gasteiger partial charge in [0.05, 0.1) is 5.56 Å². The summed E-state index contributed by atoms with van der Waals surface area (Å²) in [4.78, 5) is 39.8. The SMILES string of the molecule is CCC=CCC=CCC=CCC=CCC=CCC=CCCC(=O)NCCCCC(NC(=O)c1cccnc1C#N)C(=O)O. The smallest absolute Gasteiger partial charge is 0.326 e. The number of carboxylic acid groups (broad SMARTS) is 1. The van der Waals surface area contributed by atoms with Crippen LogP contribution in [0.15, 0.2) is 91.2 Å². The van der Waals surface area contributed by atoms with Crippen LogP contribution in [0.5, 0.6) is 0 Å². The molecule has 0 aliphatic carbocycles. The average Bonchev–Trinajstić information content (AvgIpc) is 3.01. The molecule has 0 saturated carbocycles. The van der Waals surface area contributed by atoms with Gasteiger partial charge in [0.25, 0.3) is 5.91 Å². The van der Waals surface area contributed by atoms with Crippen LogP contribution in [0.4, 0.5) is 0 Å². The minimum Gasteiger partial charge on any atom is -0.480 e. The Morgan fingerprint density at radius 2 is 1.44 bits per heavy atom. The minimum absolute atomic E-state index is 0.0374. The molecule has 0 spiro atoms. The highest BCUT2D eigenvalue weighted by Gasteiger charge is 2.22. The lowest BCUT2D eigenvalue weighted by molar-refractivity contribution is -0.139. The zero-order chi connectivity index (χ0) is 31.4. The molecule has 0 bridgehead atoms. The number of nitrogens with zero attached hydrogens (tertiary/aromatic N) is 2. The molecule has 2 amide bonds. The van der Waals surface area contributed by atoms with Crippen LogP contribution >= 0.6 is 0 Å². The van der Waals surface area contributed by atoms with E-state index in [1.54, 1.807) is 0 Å². The Balaban J connectivity index is 2.10. The number of carboxylic acids is 1. The zero-order valence-corrected chi connectivity index (χ0v) is 25.3. The molecular weight excluding hydrogens is 540 g/mol. The predicted octanol–water partition coefficient (Wildman–Crippen LogP) is 6.90. The number of unbranched alkanes of at least 4 members (excludes halogenated alkanes) is 1. The van der Waals surface area contributed by atoms with E-state index < -0.39 is 17.9 Å². The highest BCUT2D eigenvalue weighted by molar-refractivity contribution is 5.98. The van der Waals surface area contributed by atoms with E-state index in [1.807, 2.05) is 18.2 Å². The highest BCUT2D eigenvalue weighted by Crippen LogP contribution is 2.07. The van der Waals surface area contributed by atoms with E-state index in [0.717, 1.165) is 38.5 Å². The van der Waals surface area contributed by atoms with Gasteiger partial charge in [-0.25, -0.2) is 9.78 Å². The highest BCUT2D eigenvalue weighted by atomic mass is 16.4. The Bertz CT molecular complexity index is 1190. The molecular formula is C35H46N4O4. The molecule has 0 radical (unpaired) electrons. The molecule has 0 aliphatic rings. The van der Waals surface area contributed by atoms with Crippen LogP contribution in [0, 0.1) is 11.3 Å². The van der Waals surface area contributed by atoms with Gasteiger partial charge in [-0.15, -0.1) is 0 Å². The third kappa shape index (κ3) is 19.3. The van der Waals surface area contributed by atoms with Crippen molar-refractivity contribution in [2.45, 2.75) is 83.6 Å². The first-order valence-electron chi connectivity index (χ1n) is 15.0. The van der Waals surface area contributed by atoms with Gasteiger partial charge in [-0.2, -0.15) is 5.26 Å². The monoisotopic (exact) mass is 586 g/mol. The second kappa shape index (κ2) is 25.2. The maximum atomic E-state index is 12.4. The number of hydrogen-bond acceptors (Lipinski definition) is 5. The molecule has 0 aliphatic heterocycles. The normalized spacial score (nSPS) is 12.7. The fourth-order valence-electron chi connectivity index (χ4n) is 3.81. The number of carbonyl (C=O) groups excluding carboxylic acids is 2. The number of aromatic nitrogens is 1. The lowest BCUT2D eigenvalue weighted by atomic mass is 10.1. The molecule has 8 nitrogen and oxygen atoms in total. The fourth-order valence-corrected chi connectivity index (χ4v) is 3.81. The molecule has 8 heteroatoms.